The van der Waals surface area contributed by atoms with Crippen LogP contribution in [0.1, 0.15) is 131 Å². The predicted octanol–water partition coefficient (Wildman–Crippen LogP) is 8.31. The SMILES string of the molecule is CCNCCCCCNCC(=O)OC1CC[C@@]2(C)C(=CCC3C2CC[C@@]2(C)C3CC[C@@H]2[C@H](C)CCCC(C)C)C1. The Kier molecular flexibility index (Phi) is 11.7. The largest absolute Gasteiger partial charge is 0.461 e. The summed E-state index contributed by atoms with van der Waals surface area (Å²) in [5, 5.41) is 6.68. The van der Waals surface area contributed by atoms with Crippen molar-refractivity contribution in [3.05, 3.63) is 11.6 Å². The number of esters is 1. The van der Waals surface area contributed by atoms with E-state index in [-0.39, 0.29) is 12.1 Å². The molecular weight excluding hydrogens is 492 g/mol. The van der Waals surface area contributed by atoms with Crippen LogP contribution in [0.4, 0.5) is 0 Å². The zero-order chi connectivity index (χ0) is 28.8. The lowest BCUT2D eigenvalue weighted by atomic mass is 9.47. The summed E-state index contributed by atoms with van der Waals surface area (Å²) in [5.74, 6) is 5.16. The Bertz CT molecular complexity index is 839. The van der Waals surface area contributed by atoms with Crippen LogP contribution in [0.25, 0.3) is 0 Å². The molecule has 0 radical (unpaired) electrons. The number of ether oxygens (including phenoxy) is 1. The monoisotopic (exact) mass is 556 g/mol. The van der Waals surface area contributed by atoms with E-state index >= 15 is 0 Å². The van der Waals surface area contributed by atoms with Gasteiger partial charge in [0.25, 0.3) is 0 Å². The van der Waals surface area contributed by atoms with Crippen LogP contribution >= 0.6 is 0 Å². The molecule has 4 nitrogen and oxygen atoms in total. The number of allylic oxidation sites excluding steroid dienone is 1. The van der Waals surface area contributed by atoms with Gasteiger partial charge in [-0.25, -0.2) is 0 Å². The molecule has 4 aliphatic rings. The van der Waals surface area contributed by atoms with E-state index in [2.05, 4.69) is 58.3 Å². The highest BCUT2D eigenvalue weighted by Crippen LogP contribution is 2.67. The van der Waals surface area contributed by atoms with E-state index < -0.39 is 0 Å². The third-order valence-corrected chi connectivity index (χ3v) is 12.3. The fraction of sp³-hybridized carbons (Fsp3) is 0.917. The highest BCUT2D eigenvalue weighted by atomic mass is 16.5. The average molecular weight is 557 g/mol. The smallest absolute Gasteiger partial charge is 0.320 e. The molecule has 0 aromatic carbocycles. The molecule has 4 unspecified atom stereocenters. The first-order chi connectivity index (χ1) is 19.2. The number of fused-ring (bicyclic) bond motifs is 5. The maximum atomic E-state index is 12.6. The van der Waals surface area contributed by atoms with E-state index in [1.807, 2.05) is 0 Å². The molecule has 4 heteroatoms. The lowest BCUT2D eigenvalue weighted by Gasteiger charge is -2.58. The first kappa shape index (κ1) is 32.1. The van der Waals surface area contributed by atoms with Crippen LogP contribution in [0.2, 0.25) is 0 Å². The van der Waals surface area contributed by atoms with Crippen LogP contribution in [-0.2, 0) is 9.53 Å². The Balaban J connectivity index is 1.26. The van der Waals surface area contributed by atoms with Gasteiger partial charge in [-0.1, -0.05) is 78.9 Å². The summed E-state index contributed by atoms with van der Waals surface area (Å²) in [6.45, 7) is 18.1. The number of hydrogen-bond acceptors (Lipinski definition) is 4. The second-order valence-corrected chi connectivity index (χ2v) is 15.2. The highest BCUT2D eigenvalue weighted by Gasteiger charge is 2.59. The van der Waals surface area contributed by atoms with Gasteiger partial charge in [0, 0.05) is 6.42 Å². The molecule has 3 saturated carbocycles. The van der Waals surface area contributed by atoms with Gasteiger partial charge in [-0.15, -0.1) is 0 Å². The normalized spacial score (nSPS) is 36.0. The minimum absolute atomic E-state index is 0.0662. The second-order valence-electron chi connectivity index (χ2n) is 15.2. The van der Waals surface area contributed by atoms with E-state index in [0.29, 0.717) is 17.4 Å². The molecule has 40 heavy (non-hydrogen) atoms. The van der Waals surface area contributed by atoms with Crippen molar-refractivity contribution < 1.29 is 9.53 Å². The van der Waals surface area contributed by atoms with E-state index in [1.54, 1.807) is 5.57 Å². The summed E-state index contributed by atoms with van der Waals surface area (Å²) in [6.07, 6.45) is 20.6. The van der Waals surface area contributed by atoms with Crippen molar-refractivity contribution in [3.8, 4) is 0 Å². The minimum Gasteiger partial charge on any atom is -0.461 e. The third kappa shape index (κ3) is 7.36. The van der Waals surface area contributed by atoms with Gasteiger partial charge in [0.1, 0.15) is 6.10 Å². The number of hydrogen-bond donors (Lipinski definition) is 2. The molecule has 0 aromatic heterocycles. The molecule has 0 heterocycles. The number of carbonyl (C=O) groups is 1. The summed E-state index contributed by atoms with van der Waals surface area (Å²) in [4.78, 5) is 12.6. The van der Waals surface area contributed by atoms with Gasteiger partial charge in [0.05, 0.1) is 6.54 Å². The molecule has 0 amide bonds. The Labute approximate surface area is 247 Å². The van der Waals surface area contributed by atoms with Crippen molar-refractivity contribution in [3.63, 3.8) is 0 Å². The van der Waals surface area contributed by atoms with Crippen molar-refractivity contribution in [2.45, 2.75) is 138 Å². The number of rotatable bonds is 15. The molecule has 4 rings (SSSR count). The maximum Gasteiger partial charge on any atom is 0.320 e. The molecule has 4 aliphatic carbocycles. The minimum atomic E-state index is -0.0662. The van der Waals surface area contributed by atoms with E-state index in [4.69, 9.17) is 4.74 Å². The van der Waals surface area contributed by atoms with Crippen LogP contribution in [-0.4, -0.2) is 38.3 Å². The third-order valence-electron chi connectivity index (χ3n) is 12.3. The van der Waals surface area contributed by atoms with Gasteiger partial charge in [-0.2, -0.15) is 0 Å². The first-order valence-electron chi connectivity index (χ1n) is 17.5. The highest BCUT2D eigenvalue weighted by molar-refractivity contribution is 5.71. The molecule has 0 bridgehead atoms. The standard InChI is InChI=1S/C36H64N2O2/c1-7-37-22-9-8-10-23-38-25-34(39)40-29-18-20-35(5)28(24-29)14-15-30-32-17-16-31(27(4)13-11-12-26(2)3)36(32,6)21-19-33(30)35/h14,26-27,29-33,37-38H,7-13,15-25H2,1-6H3/t27-,29?,30?,31-,32?,33?,35+,36-/m1/s1. The quantitative estimate of drug-likeness (QED) is 0.121. The van der Waals surface area contributed by atoms with Crippen LogP contribution in [0.3, 0.4) is 0 Å². The van der Waals surface area contributed by atoms with Crippen molar-refractivity contribution in [2.75, 3.05) is 26.2 Å². The summed E-state index contributed by atoms with van der Waals surface area (Å²) in [7, 11) is 0. The summed E-state index contributed by atoms with van der Waals surface area (Å²) >= 11 is 0. The van der Waals surface area contributed by atoms with Crippen molar-refractivity contribution in [1.82, 2.24) is 10.6 Å². The van der Waals surface area contributed by atoms with Gasteiger partial charge >= 0.3 is 5.97 Å². The number of unbranched alkanes of at least 4 members (excludes halogenated alkanes) is 2. The van der Waals surface area contributed by atoms with E-state index in [1.165, 1.54) is 70.6 Å². The summed E-state index contributed by atoms with van der Waals surface area (Å²) in [5.41, 5.74) is 2.48. The second kappa shape index (κ2) is 14.5. The summed E-state index contributed by atoms with van der Waals surface area (Å²) < 4.78 is 6.00. The van der Waals surface area contributed by atoms with Gasteiger partial charge in [-0.3, -0.25) is 4.79 Å². The molecule has 0 aliphatic heterocycles. The van der Waals surface area contributed by atoms with Gasteiger partial charge in [0.2, 0.25) is 0 Å². The number of carbonyl (C=O) groups excluding carboxylic acids is 1. The maximum absolute atomic E-state index is 12.6. The first-order valence-corrected chi connectivity index (χ1v) is 17.5. The molecule has 0 aromatic rings. The predicted molar refractivity (Wildman–Crippen MR) is 168 cm³/mol. The molecule has 0 saturated heterocycles. The lowest BCUT2D eigenvalue weighted by molar-refractivity contribution is -0.150. The van der Waals surface area contributed by atoms with E-state index in [9.17, 15) is 4.79 Å². The van der Waals surface area contributed by atoms with Gasteiger partial charge in [0.15, 0.2) is 0 Å². The molecule has 230 valence electrons. The molecular formula is C36H64N2O2. The Morgan fingerprint density at radius 1 is 0.950 bits per heavy atom. The Morgan fingerprint density at radius 3 is 2.48 bits per heavy atom. The Hall–Kier alpha value is -0.870. The zero-order valence-corrected chi connectivity index (χ0v) is 27.2. The molecule has 2 N–H and O–H groups in total. The van der Waals surface area contributed by atoms with Gasteiger partial charge < -0.3 is 15.4 Å². The lowest BCUT2D eigenvalue weighted by Crippen LogP contribution is -2.51. The van der Waals surface area contributed by atoms with Crippen LogP contribution in [0.15, 0.2) is 11.6 Å². The zero-order valence-electron chi connectivity index (χ0n) is 27.2. The molecule has 8 atom stereocenters. The number of nitrogens with one attached hydrogen (secondary N) is 2. The van der Waals surface area contributed by atoms with Crippen LogP contribution in [0, 0.1) is 46.3 Å². The fourth-order valence-electron chi connectivity index (χ4n) is 10.0. The average Bonchev–Trinajstić information content (AvgIpc) is 3.27. The van der Waals surface area contributed by atoms with E-state index in [0.717, 1.165) is 74.4 Å². The topological polar surface area (TPSA) is 50.4 Å². The van der Waals surface area contributed by atoms with Crippen molar-refractivity contribution >= 4 is 5.97 Å². The summed E-state index contributed by atoms with van der Waals surface area (Å²) in [6, 6.07) is 0. The van der Waals surface area contributed by atoms with Crippen molar-refractivity contribution in [1.29, 1.82) is 0 Å². The van der Waals surface area contributed by atoms with Crippen LogP contribution < -0.4 is 10.6 Å². The van der Waals surface area contributed by atoms with Gasteiger partial charge in [-0.05, 0) is 124 Å². The molecule has 0 spiro atoms. The van der Waals surface area contributed by atoms with Crippen molar-refractivity contribution in [2.24, 2.45) is 46.3 Å². The fourth-order valence-corrected chi connectivity index (χ4v) is 10.0. The Morgan fingerprint density at radius 2 is 1.73 bits per heavy atom. The molecule has 3 fully saturated rings. The van der Waals surface area contributed by atoms with Crippen LogP contribution in [0.5, 0.6) is 0 Å².